The van der Waals surface area contributed by atoms with Crippen molar-refractivity contribution in [3.05, 3.63) is 41.9 Å². The average Bonchev–Trinajstić information content (AvgIpc) is 2.89. The van der Waals surface area contributed by atoms with Crippen molar-refractivity contribution in [3.8, 4) is 11.3 Å². The van der Waals surface area contributed by atoms with E-state index in [2.05, 4.69) is 55.0 Å². The minimum Gasteiger partial charge on any atom is -0.341 e. The lowest BCUT2D eigenvalue weighted by Crippen LogP contribution is -2.11. The summed E-state index contributed by atoms with van der Waals surface area (Å²) in [5.41, 5.74) is 9.62. The smallest absolute Gasteiger partial charge is 0.123 e. The monoisotopic (exact) mass is 257 g/mol. The van der Waals surface area contributed by atoms with Crippen LogP contribution in [0, 0.1) is 0 Å². The summed E-state index contributed by atoms with van der Waals surface area (Å²) in [6, 6.07) is 8.63. The molecule has 3 nitrogen and oxygen atoms in total. The molecule has 0 spiro atoms. The number of nitrogens with zero attached hydrogens (tertiary/aromatic N) is 1. The number of aromatic amines is 1. The average molecular weight is 257 g/mol. The topological polar surface area (TPSA) is 54.7 Å². The molecule has 2 aromatic rings. The molecule has 3 heteroatoms. The van der Waals surface area contributed by atoms with Crippen molar-refractivity contribution in [2.24, 2.45) is 5.73 Å². The quantitative estimate of drug-likeness (QED) is 0.850. The van der Waals surface area contributed by atoms with Crippen molar-refractivity contribution in [2.45, 2.75) is 45.6 Å². The van der Waals surface area contributed by atoms with Crippen LogP contribution in [-0.2, 0) is 0 Å². The SMILES string of the molecule is CCCC(N)c1ncc(-c2ccc(C(C)C)cc2)[nH]1. The first-order valence-corrected chi connectivity index (χ1v) is 7.02. The van der Waals surface area contributed by atoms with Gasteiger partial charge in [0.2, 0.25) is 0 Å². The van der Waals surface area contributed by atoms with Crippen molar-refractivity contribution in [2.75, 3.05) is 0 Å². The first-order chi connectivity index (χ1) is 9.11. The van der Waals surface area contributed by atoms with Crippen LogP contribution in [0.1, 0.15) is 57.0 Å². The Bertz CT molecular complexity index is 511. The van der Waals surface area contributed by atoms with E-state index in [0.717, 1.165) is 29.9 Å². The van der Waals surface area contributed by atoms with E-state index < -0.39 is 0 Å². The van der Waals surface area contributed by atoms with Gasteiger partial charge in [-0.1, -0.05) is 51.5 Å². The lowest BCUT2D eigenvalue weighted by atomic mass is 10.0. The van der Waals surface area contributed by atoms with Crippen LogP contribution in [0.15, 0.2) is 30.5 Å². The lowest BCUT2D eigenvalue weighted by Gasteiger charge is -2.07. The Morgan fingerprint density at radius 3 is 2.47 bits per heavy atom. The van der Waals surface area contributed by atoms with E-state index in [9.17, 15) is 0 Å². The Labute approximate surface area is 115 Å². The molecule has 0 amide bonds. The molecule has 0 saturated carbocycles. The van der Waals surface area contributed by atoms with Gasteiger partial charge in [0.1, 0.15) is 5.82 Å². The van der Waals surface area contributed by atoms with Gasteiger partial charge in [-0.05, 0) is 23.5 Å². The van der Waals surface area contributed by atoms with Crippen LogP contribution in [0.25, 0.3) is 11.3 Å². The summed E-state index contributed by atoms with van der Waals surface area (Å²) in [4.78, 5) is 7.71. The minimum absolute atomic E-state index is 0.00804. The standard InChI is InChI=1S/C16H23N3/c1-4-5-14(17)16-18-10-15(19-16)13-8-6-12(7-9-13)11(2)3/h6-11,14H,4-5,17H2,1-3H3,(H,18,19). The van der Waals surface area contributed by atoms with E-state index in [4.69, 9.17) is 5.73 Å². The van der Waals surface area contributed by atoms with Gasteiger partial charge in [-0.25, -0.2) is 4.98 Å². The molecule has 0 aliphatic carbocycles. The van der Waals surface area contributed by atoms with Crippen LogP contribution < -0.4 is 5.73 Å². The van der Waals surface area contributed by atoms with Crippen LogP contribution in [0.5, 0.6) is 0 Å². The molecule has 0 fully saturated rings. The molecule has 0 saturated heterocycles. The van der Waals surface area contributed by atoms with E-state index in [1.54, 1.807) is 0 Å². The molecule has 2 rings (SSSR count). The van der Waals surface area contributed by atoms with Crippen molar-refractivity contribution in [1.82, 2.24) is 9.97 Å². The fourth-order valence-corrected chi connectivity index (χ4v) is 2.17. The number of nitrogens with two attached hydrogens (primary N) is 1. The highest BCUT2D eigenvalue weighted by molar-refractivity contribution is 5.59. The maximum Gasteiger partial charge on any atom is 0.123 e. The Morgan fingerprint density at radius 1 is 1.21 bits per heavy atom. The second-order valence-corrected chi connectivity index (χ2v) is 5.35. The third-order valence-electron chi connectivity index (χ3n) is 3.43. The zero-order valence-corrected chi connectivity index (χ0v) is 12.0. The number of H-pyrrole nitrogens is 1. The highest BCUT2D eigenvalue weighted by Gasteiger charge is 2.10. The largest absolute Gasteiger partial charge is 0.341 e. The van der Waals surface area contributed by atoms with Crippen LogP contribution in [0.2, 0.25) is 0 Å². The Balaban J connectivity index is 2.18. The number of benzene rings is 1. The molecule has 1 heterocycles. The van der Waals surface area contributed by atoms with Gasteiger partial charge in [-0.3, -0.25) is 0 Å². The zero-order valence-electron chi connectivity index (χ0n) is 12.0. The maximum atomic E-state index is 6.07. The van der Waals surface area contributed by atoms with Gasteiger partial charge in [-0.15, -0.1) is 0 Å². The molecule has 1 aromatic heterocycles. The minimum atomic E-state index is 0.00804. The summed E-state index contributed by atoms with van der Waals surface area (Å²) in [5.74, 6) is 1.44. The lowest BCUT2D eigenvalue weighted by molar-refractivity contribution is 0.609. The van der Waals surface area contributed by atoms with E-state index in [1.807, 2.05) is 6.20 Å². The fraction of sp³-hybridized carbons (Fsp3) is 0.438. The van der Waals surface area contributed by atoms with Crippen molar-refractivity contribution < 1.29 is 0 Å². The van der Waals surface area contributed by atoms with Crippen molar-refractivity contribution in [1.29, 1.82) is 0 Å². The van der Waals surface area contributed by atoms with Gasteiger partial charge in [-0.2, -0.15) is 0 Å². The molecular formula is C16H23N3. The fourth-order valence-electron chi connectivity index (χ4n) is 2.17. The number of hydrogen-bond donors (Lipinski definition) is 2. The highest BCUT2D eigenvalue weighted by atomic mass is 15.0. The van der Waals surface area contributed by atoms with Gasteiger partial charge in [0.05, 0.1) is 17.9 Å². The van der Waals surface area contributed by atoms with Gasteiger partial charge >= 0.3 is 0 Å². The molecule has 0 bridgehead atoms. The van der Waals surface area contributed by atoms with Crippen molar-refractivity contribution in [3.63, 3.8) is 0 Å². The van der Waals surface area contributed by atoms with Crippen LogP contribution in [0.4, 0.5) is 0 Å². The number of imidazole rings is 1. The summed E-state index contributed by atoms with van der Waals surface area (Å²) in [6.07, 6.45) is 3.90. The third-order valence-corrected chi connectivity index (χ3v) is 3.43. The maximum absolute atomic E-state index is 6.07. The predicted molar refractivity (Wildman–Crippen MR) is 79.9 cm³/mol. The molecule has 0 aliphatic heterocycles. The van der Waals surface area contributed by atoms with Gasteiger partial charge in [0.25, 0.3) is 0 Å². The third kappa shape index (κ3) is 3.24. The Hall–Kier alpha value is -1.61. The predicted octanol–water partition coefficient (Wildman–Crippen LogP) is 4.00. The van der Waals surface area contributed by atoms with Gasteiger partial charge in [0.15, 0.2) is 0 Å². The van der Waals surface area contributed by atoms with E-state index in [1.165, 1.54) is 5.56 Å². The highest BCUT2D eigenvalue weighted by Crippen LogP contribution is 2.22. The second-order valence-electron chi connectivity index (χ2n) is 5.35. The van der Waals surface area contributed by atoms with E-state index in [-0.39, 0.29) is 6.04 Å². The van der Waals surface area contributed by atoms with Gasteiger partial charge in [0, 0.05) is 0 Å². The van der Waals surface area contributed by atoms with E-state index in [0.29, 0.717) is 5.92 Å². The molecule has 0 aliphatic rings. The molecule has 102 valence electrons. The first kappa shape index (κ1) is 13.8. The van der Waals surface area contributed by atoms with Crippen LogP contribution in [0.3, 0.4) is 0 Å². The Kier molecular flexibility index (Phi) is 4.38. The molecule has 1 atom stereocenters. The number of aromatic nitrogens is 2. The van der Waals surface area contributed by atoms with Crippen molar-refractivity contribution >= 4 is 0 Å². The molecular weight excluding hydrogens is 234 g/mol. The molecule has 19 heavy (non-hydrogen) atoms. The summed E-state index contributed by atoms with van der Waals surface area (Å²) >= 11 is 0. The first-order valence-electron chi connectivity index (χ1n) is 7.02. The summed E-state index contributed by atoms with van der Waals surface area (Å²) < 4.78 is 0. The van der Waals surface area contributed by atoms with Crippen LogP contribution in [-0.4, -0.2) is 9.97 Å². The molecule has 1 unspecified atom stereocenters. The summed E-state index contributed by atoms with van der Waals surface area (Å²) in [7, 11) is 0. The second kappa shape index (κ2) is 6.02. The van der Waals surface area contributed by atoms with Gasteiger partial charge < -0.3 is 10.7 Å². The summed E-state index contributed by atoms with van der Waals surface area (Å²) in [6.45, 7) is 6.54. The number of rotatable bonds is 5. The van der Waals surface area contributed by atoms with Crippen LogP contribution >= 0.6 is 0 Å². The van der Waals surface area contributed by atoms with E-state index >= 15 is 0 Å². The Morgan fingerprint density at radius 2 is 1.89 bits per heavy atom. The normalized spacial score (nSPS) is 12.9. The molecule has 0 radical (unpaired) electrons. The number of hydrogen-bond acceptors (Lipinski definition) is 2. The molecule has 3 N–H and O–H groups in total. The number of nitrogens with one attached hydrogen (secondary N) is 1. The summed E-state index contributed by atoms with van der Waals surface area (Å²) in [5, 5.41) is 0. The zero-order chi connectivity index (χ0) is 13.8. The molecule has 1 aromatic carbocycles.